The summed E-state index contributed by atoms with van der Waals surface area (Å²) < 4.78 is 23.4. The number of carbonyl (C=O) groups excluding carboxylic acids is 4. The molecule has 0 amide bonds. The number of hydrogen-bond acceptors (Lipinski definition) is 10. The second-order valence-electron chi connectivity index (χ2n) is 12.9. The molecule has 46 heavy (non-hydrogen) atoms. The number of esters is 4. The number of benzene rings is 2. The first-order valence-electron chi connectivity index (χ1n) is 15.4. The van der Waals surface area contributed by atoms with Crippen molar-refractivity contribution in [1.82, 2.24) is 0 Å². The summed E-state index contributed by atoms with van der Waals surface area (Å²) in [6.45, 7) is 8.10. The molecule has 1 fully saturated rings. The van der Waals surface area contributed by atoms with Gasteiger partial charge in [-0.1, -0.05) is 61.9 Å². The summed E-state index contributed by atoms with van der Waals surface area (Å²) in [4.78, 5) is 52.1. The zero-order chi connectivity index (χ0) is 33.4. The Morgan fingerprint density at radius 1 is 0.935 bits per heavy atom. The summed E-state index contributed by atoms with van der Waals surface area (Å²) in [5, 5.41) is 23.4. The third-order valence-corrected chi connectivity index (χ3v) is 10.5. The van der Waals surface area contributed by atoms with Gasteiger partial charge in [-0.15, -0.1) is 0 Å². The molecule has 5 rings (SSSR count). The van der Waals surface area contributed by atoms with Crippen LogP contribution in [0.4, 0.5) is 0 Å². The summed E-state index contributed by atoms with van der Waals surface area (Å²) in [6, 6.07) is 16.7. The van der Waals surface area contributed by atoms with Gasteiger partial charge in [0.05, 0.1) is 11.1 Å². The van der Waals surface area contributed by atoms with Gasteiger partial charge in [-0.05, 0) is 56.9 Å². The fourth-order valence-electron chi connectivity index (χ4n) is 7.69. The Labute approximate surface area is 268 Å². The van der Waals surface area contributed by atoms with Gasteiger partial charge in [-0.25, -0.2) is 14.4 Å². The van der Waals surface area contributed by atoms with Crippen LogP contribution in [0.5, 0.6) is 0 Å². The Kier molecular flexibility index (Phi) is 8.88. The van der Waals surface area contributed by atoms with E-state index in [1.807, 2.05) is 19.9 Å². The van der Waals surface area contributed by atoms with Gasteiger partial charge < -0.3 is 29.2 Å². The average Bonchev–Trinajstić information content (AvgIpc) is 3.35. The zero-order valence-corrected chi connectivity index (χ0v) is 26.6. The molecule has 2 aromatic rings. The smallest absolute Gasteiger partial charge is 0.373 e. The normalized spacial score (nSPS) is 31.2. The highest BCUT2D eigenvalue weighted by Crippen LogP contribution is 2.65. The summed E-state index contributed by atoms with van der Waals surface area (Å²) in [5.74, 6) is -4.01. The summed E-state index contributed by atoms with van der Waals surface area (Å²) in [5.41, 5.74) is -2.84. The highest BCUT2D eigenvalue weighted by Gasteiger charge is 2.73. The van der Waals surface area contributed by atoms with Crippen molar-refractivity contribution < 1.29 is 48.3 Å². The Morgan fingerprint density at radius 2 is 1.48 bits per heavy atom. The van der Waals surface area contributed by atoms with E-state index in [2.05, 4.69) is 0 Å². The van der Waals surface area contributed by atoms with E-state index in [0.29, 0.717) is 12.8 Å². The molecule has 0 saturated heterocycles. The summed E-state index contributed by atoms with van der Waals surface area (Å²) in [6.07, 6.45) is -0.722. The van der Waals surface area contributed by atoms with Crippen molar-refractivity contribution in [3.05, 3.63) is 94.8 Å². The number of aliphatic hydroxyl groups is 2. The summed E-state index contributed by atoms with van der Waals surface area (Å²) >= 11 is 0. The molecule has 2 N–H and O–H groups in total. The first kappa shape index (κ1) is 32.9. The highest BCUT2D eigenvalue weighted by molar-refractivity contribution is 5.91. The van der Waals surface area contributed by atoms with Gasteiger partial charge in [0.25, 0.3) is 0 Å². The maximum absolute atomic E-state index is 13.7. The van der Waals surface area contributed by atoms with E-state index in [4.69, 9.17) is 18.9 Å². The Hall–Kier alpha value is -4.44. The van der Waals surface area contributed by atoms with E-state index >= 15 is 0 Å². The first-order valence-corrected chi connectivity index (χ1v) is 15.4. The molecule has 244 valence electrons. The largest absolute Gasteiger partial charge is 0.502 e. The molecule has 3 aliphatic rings. The standard InChI is InChI=1S/C36H40O10/c1-21-13-12-18-26-34(21,3)29(45-31(39)23-14-8-6-9-15-23)30(46-32(40)24-16-10-7-11-17-24)36(5,42)35(26,4)27(44-22(2)37)19-25-20-43-33(41)28(25)38/h6-11,13-17,26-27,29-30,38,42H,12,18-20H2,1-5H3/t26-,27-,29-,30-,34-,35-,36+/m0/s1. The number of hydrogen-bond donors (Lipinski definition) is 2. The molecule has 1 heterocycles. The molecule has 2 aliphatic carbocycles. The minimum atomic E-state index is -2.00. The number of cyclic esters (lactones) is 1. The predicted molar refractivity (Wildman–Crippen MR) is 165 cm³/mol. The molecule has 7 atom stereocenters. The SMILES string of the molecule is CC(=O)O[C@@H](CC1=C(O)C(=O)OC1)[C@]1(C)[C@H]2CCC=C(C)[C@]2(C)[C@@H](OC(=O)c2ccccc2)[C@H](OC(=O)c2ccccc2)[C@@]1(C)O. The van der Waals surface area contributed by atoms with Gasteiger partial charge in [0.15, 0.2) is 12.2 Å². The molecule has 2 aromatic carbocycles. The van der Waals surface area contributed by atoms with Crippen LogP contribution >= 0.6 is 0 Å². The van der Waals surface area contributed by atoms with E-state index in [9.17, 15) is 29.4 Å². The van der Waals surface area contributed by atoms with E-state index in [0.717, 1.165) is 5.57 Å². The Morgan fingerprint density at radius 3 is 1.98 bits per heavy atom. The maximum atomic E-state index is 13.7. The van der Waals surface area contributed by atoms with E-state index in [1.54, 1.807) is 67.6 Å². The molecular formula is C36H40O10. The number of allylic oxidation sites excluding steroid dienone is 1. The van der Waals surface area contributed by atoms with Crippen LogP contribution < -0.4 is 0 Å². The topological polar surface area (TPSA) is 146 Å². The molecule has 1 aliphatic heterocycles. The van der Waals surface area contributed by atoms with Crippen molar-refractivity contribution in [3.8, 4) is 0 Å². The van der Waals surface area contributed by atoms with Crippen LogP contribution in [0, 0.1) is 16.7 Å². The maximum Gasteiger partial charge on any atom is 0.373 e. The van der Waals surface area contributed by atoms with Crippen LogP contribution in [-0.4, -0.2) is 64.6 Å². The van der Waals surface area contributed by atoms with Crippen LogP contribution in [0.25, 0.3) is 0 Å². The number of aliphatic hydroxyl groups excluding tert-OH is 1. The number of rotatable bonds is 8. The lowest BCUT2D eigenvalue weighted by Gasteiger charge is -2.66. The average molecular weight is 633 g/mol. The molecule has 1 saturated carbocycles. The van der Waals surface area contributed by atoms with Gasteiger partial charge in [-0.3, -0.25) is 4.79 Å². The molecule has 0 aromatic heterocycles. The molecule has 10 heteroatoms. The van der Waals surface area contributed by atoms with Crippen molar-refractivity contribution in [2.75, 3.05) is 6.61 Å². The van der Waals surface area contributed by atoms with Gasteiger partial charge in [0.2, 0.25) is 5.76 Å². The van der Waals surface area contributed by atoms with Crippen LogP contribution in [0.1, 0.15) is 74.6 Å². The lowest BCUT2D eigenvalue weighted by Crippen LogP contribution is -2.75. The van der Waals surface area contributed by atoms with Crippen molar-refractivity contribution in [1.29, 1.82) is 0 Å². The zero-order valence-electron chi connectivity index (χ0n) is 26.6. The lowest BCUT2D eigenvalue weighted by atomic mass is 9.42. The third kappa shape index (κ3) is 5.48. The highest BCUT2D eigenvalue weighted by atomic mass is 16.6. The number of ether oxygens (including phenoxy) is 4. The van der Waals surface area contributed by atoms with Crippen molar-refractivity contribution >= 4 is 23.9 Å². The fraction of sp³-hybridized carbons (Fsp3) is 0.444. The van der Waals surface area contributed by atoms with Crippen LogP contribution in [-0.2, 0) is 28.5 Å². The van der Waals surface area contributed by atoms with Crippen molar-refractivity contribution in [2.24, 2.45) is 16.7 Å². The van der Waals surface area contributed by atoms with Crippen molar-refractivity contribution in [3.63, 3.8) is 0 Å². The number of carbonyl (C=O) groups is 4. The third-order valence-electron chi connectivity index (χ3n) is 10.5. The van der Waals surface area contributed by atoms with Gasteiger partial charge in [0, 0.05) is 29.7 Å². The fourth-order valence-corrected chi connectivity index (χ4v) is 7.69. The van der Waals surface area contributed by atoms with E-state index < -0.39 is 70.3 Å². The Balaban J connectivity index is 1.70. The van der Waals surface area contributed by atoms with Crippen molar-refractivity contribution in [2.45, 2.75) is 77.8 Å². The minimum Gasteiger partial charge on any atom is -0.502 e. The second kappa shape index (κ2) is 12.4. The van der Waals surface area contributed by atoms with Crippen LogP contribution in [0.3, 0.4) is 0 Å². The summed E-state index contributed by atoms with van der Waals surface area (Å²) in [7, 11) is 0. The van der Waals surface area contributed by atoms with Gasteiger partial charge in [-0.2, -0.15) is 0 Å². The molecule has 0 unspecified atom stereocenters. The molecular weight excluding hydrogens is 592 g/mol. The Bertz CT molecular complexity index is 1580. The number of fused-ring (bicyclic) bond motifs is 1. The van der Waals surface area contributed by atoms with E-state index in [1.165, 1.54) is 13.8 Å². The van der Waals surface area contributed by atoms with E-state index in [-0.39, 0.29) is 29.7 Å². The second-order valence-corrected chi connectivity index (χ2v) is 12.9. The van der Waals surface area contributed by atoms with Gasteiger partial charge >= 0.3 is 23.9 Å². The first-order chi connectivity index (χ1) is 21.7. The predicted octanol–water partition coefficient (Wildman–Crippen LogP) is 5.26. The molecule has 0 radical (unpaired) electrons. The van der Waals surface area contributed by atoms with Crippen LogP contribution in [0.15, 0.2) is 83.6 Å². The van der Waals surface area contributed by atoms with Gasteiger partial charge in [0.1, 0.15) is 18.3 Å². The van der Waals surface area contributed by atoms with Crippen LogP contribution in [0.2, 0.25) is 0 Å². The lowest BCUT2D eigenvalue weighted by molar-refractivity contribution is -0.290. The molecule has 0 bridgehead atoms. The molecule has 0 spiro atoms. The monoisotopic (exact) mass is 632 g/mol. The quantitative estimate of drug-likeness (QED) is 0.224. The molecule has 10 nitrogen and oxygen atoms in total. The minimum absolute atomic E-state index is 0.132.